The van der Waals surface area contributed by atoms with E-state index in [9.17, 15) is 4.79 Å². The van der Waals surface area contributed by atoms with E-state index in [1.54, 1.807) is 12.3 Å². The van der Waals surface area contributed by atoms with Crippen LogP contribution >= 0.6 is 0 Å². The molecule has 1 aliphatic heterocycles. The maximum absolute atomic E-state index is 11.4. The minimum atomic E-state index is -1.23. The monoisotopic (exact) mass is 290 g/mol. The summed E-state index contributed by atoms with van der Waals surface area (Å²) in [6, 6.07) is 1.61. The van der Waals surface area contributed by atoms with E-state index in [0.717, 1.165) is 3.45 Å². The van der Waals surface area contributed by atoms with E-state index in [4.69, 9.17) is 5.73 Å². The van der Waals surface area contributed by atoms with Crippen LogP contribution in [-0.2, 0) is 0 Å². The molecule has 0 aliphatic carbocycles. The van der Waals surface area contributed by atoms with Crippen LogP contribution in [0, 0.1) is 0 Å². The van der Waals surface area contributed by atoms with Crippen LogP contribution < -0.4 is 11.4 Å². The quantitative estimate of drug-likeness (QED) is 0.793. The van der Waals surface area contributed by atoms with Crippen LogP contribution in [0.3, 0.4) is 0 Å². The molecule has 14 heavy (non-hydrogen) atoms. The van der Waals surface area contributed by atoms with Crippen molar-refractivity contribution in [1.29, 1.82) is 0 Å². The summed E-state index contributed by atoms with van der Waals surface area (Å²) in [6.07, 6.45) is 6.87. The van der Waals surface area contributed by atoms with Gasteiger partial charge in [0.2, 0.25) is 0 Å². The number of anilines is 1. The van der Waals surface area contributed by atoms with Crippen LogP contribution in [0.25, 0.3) is 3.45 Å². The Kier molecular flexibility index (Phi) is 2.62. The summed E-state index contributed by atoms with van der Waals surface area (Å²) in [7, 11) is 0. The summed E-state index contributed by atoms with van der Waals surface area (Å²) >= 11 is -1.23. The van der Waals surface area contributed by atoms with Gasteiger partial charge in [-0.15, -0.1) is 0 Å². The van der Waals surface area contributed by atoms with Crippen molar-refractivity contribution in [1.82, 2.24) is 9.55 Å². The van der Waals surface area contributed by atoms with Gasteiger partial charge in [-0.2, -0.15) is 0 Å². The van der Waals surface area contributed by atoms with Crippen molar-refractivity contribution in [3.05, 3.63) is 41.1 Å². The Bertz CT molecular complexity index is 500. The molecule has 5 nitrogen and oxygen atoms in total. The second kappa shape index (κ2) is 3.91. The molecule has 0 spiro atoms. The Labute approximate surface area is 91.2 Å². The van der Waals surface area contributed by atoms with Crippen LogP contribution in [0.2, 0.25) is 0 Å². The Balaban J connectivity index is 2.62. The molecular weight excluding hydrogens is 283 g/mol. The molecule has 1 aliphatic rings. The molecule has 6 heteroatoms. The van der Waals surface area contributed by atoms with E-state index in [1.165, 1.54) is 10.8 Å². The Morgan fingerprint density at radius 1 is 1.50 bits per heavy atom. The van der Waals surface area contributed by atoms with E-state index < -0.39 is 22.7 Å². The minimum absolute atomic E-state index is 0.326. The second-order valence-electron chi connectivity index (χ2n) is 2.70. The van der Waals surface area contributed by atoms with Crippen molar-refractivity contribution in [3.8, 4) is 0 Å². The Morgan fingerprint density at radius 3 is 3.00 bits per heavy atom. The van der Waals surface area contributed by atoms with Gasteiger partial charge in [0.25, 0.3) is 0 Å². The van der Waals surface area contributed by atoms with E-state index >= 15 is 0 Å². The van der Waals surface area contributed by atoms with Crippen LogP contribution in [0.1, 0.15) is 0 Å². The van der Waals surface area contributed by atoms with Crippen LogP contribution in [0.15, 0.2) is 38.3 Å². The summed E-state index contributed by atoms with van der Waals surface area (Å²) in [5.74, 6) is 0.424. The van der Waals surface area contributed by atoms with E-state index in [-0.39, 0.29) is 5.69 Å². The van der Waals surface area contributed by atoms with E-state index in [0.29, 0.717) is 5.82 Å². The van der Waals surface area contributed by atoms with Gasteiger partial charge in [0.05, 0.1) is 0 Å². The van der Waals surface area contributed by atoms with Gasteiger partial charge in [-0.3, -0.25) is 0 Å². The predicted molar refractivity (Wildman–Crippen MR) is 54.5 cm³/mol. The van der Waals surface area contributed by atoms with Gasteiger partial charge >= 0.3 is 91.3 Å². The zero-order valence-corrected chi connectivity index (χ0v) is 10.6. The summed E-state index contributed by atoms with van der Waals surface area (Å²) in [5, 5.41) is 0. The first kappa shape index (κ1) is 9.39. The third kappa shape index (κ3) is 1.70. The van der Waals surface area contributed by atoms with Crippen molar-refractivity contribution >= 4 is 32.0 Å². The molecule has 0 fully saturated rings. The first-order valence-electron chi connectivity index (χ1n) is 4.03. The average molecular weight is 290 g/mol. The van der Waals surface area contributed by atoms with E-state index in [2.05, 4.69) is 7.90 Å². The maximum atomic E-state index is 11.4. The number of allylic oxidation sites excluding steroid dienone is 2. The SMILES string of the molecule is Nc1ccnc(=O)n1[C]1=CC=C[N]=[In]1. The molecule has 0 atom stereocenters. The van der Waals surface area contributed by atoms with Gasteiger partial charge in [-0.1, -0.05) is 0 Å². The van der Waals surface area contributed by atoms with Crippen LogP contribution in [0.4, 0.5) is 5.82 Å². The first-order chi connectivity index (χ1) is 6.79. The van der Waals surface area contributed by atoms with Gasteiger partial charge < -0.3 is 0 Å². The molecule has 0 bridgehead atoms. The molecular formula is C8H7InN4O. The molecule has 1 aromatic rings. The molecule has 0 aromatic carbocycles. The Morgan fingerprint density at radius 2 is 2.36 bits per heavy atom. The zero-order valence-electron chi connectivity index (χ0n) is 7.29. The average Bonchev–Trinajstić information content (AvgIpc) is 2.19. The standard InChI is InChI=1S/C8H7N4O.In/c9-4-1-2-6-12-7(10)3-5-11-8(12)13;/h1-5H,10H2;. The fourth-order valence-electron chi connectivity index (χ4n) is 1.17. The third-order valence-corrected chi connectivity index (χ3v) is 4.74. The van der Waals surface area contributed by atoms with Crippen molar-refractivity contribution in [2.75, 3.05) is 5.73 Å². The number of nitrogens with zero attached hydrogens (tertiary/aromatic N) is 3. The number of rotatable bonds is 1. The van der Waals surface area contributed by atoms with Gasteiger partial charge in [0, 0.05) is 0 Å². The van der Waals surface area contributed by atoms with Crippen molar-refractivity contribution in [2.45, 2.75) is 0 Å². The predicted octanol–water partition coefficient (Wildman–Crippen LogP) is 0.0390. The molecule has 0 saturated heterocycles. The molecule has 0 saturated carbocycles. The summed E-state index contributed by atoms with van der Waals surface area (Å²) in [4.78, 5) is 15.1. The normalized spacial score (nSPS) is 13.6. The van der Waals surface area contributed by atoms with Crippen molar-refractivity contribution < 1.29 is 0 Å². The number of aromatic nitrogens is 2. The topological polar surface area (TPSA) is 73.3 Å². The molecule has 2 heterocycles. The number of nitrogen functional groups attached to an aromatic ring is 1. The van der Waals surface area contributed by atoms with Crippen molar-refractivity contribution in [3.63, 3.8) is 0 Å². The molecule has 2 N–H and O–H groups in total. The molecule has 0 unspecified atom stereocenters. The zero-order chi connectivity index (χ0) is 9.97. The first-order valence-corrected chi connectivity index (χ1v) is 7.15. The summed E-state index contributed by atoms with van der Waals surface area (Å²) in [6.45, 7) is 0. The number of nitrogens with two attached hydrogens (primary N) is 1. The summed E-state index contributed by atoms with van der Waals surface area (Å²) < 4.78 is 6.58. The molecule has 2 rings (SSSR count). The van der Waals surface area contributed by atoms with Crippen molar-refractivity contribution in [2.24, 2.45) is 2.92 Å². The van der Waals surface area contributed by atoms with Gasteiger partial charge in [0.15, 0.2) is 0 Å². The molecule has 0 amide bonds. The van der Waals surface area contributed by atoms with Crippen LogP contribution in [0.5, 0.6) is 0 Å². The van der Waals surface area contributed by atoms with Crippen LogP contribution in [-0.4, -0.2) is 32.3 Å². The molecule has 0 radical (unpaired) electrons. The van der Waals surface area contributed by atoms with E-state index in [1.807, 2.05) is 12.2 Å². The fraction of sp³-hybridized carbons (Fsp3) is 0. The Hall–Kier alpha value is -1.17. The van der Waals surface area contributed by atoms with Gasteiger partial charge in [-0.25, -0.2) is 0 Å². The second-order valence-corrected chi connectivity index (χ2v) is 5.98. The number of hydrogen-bond acceptors (Lipinski definition) is 4. The fourth-order valence-corrected chi connectivity index (χ4v) is 3.76. The van der Waals surface area contributed by atoms with Gasteiger partial charge in [-0.05, 0) is 0 Å². The molecule has 1 aromatic heterocycles. The molecule has 68 valence electrons. The van der Waals surface area contributed by atoms with Gasteiger partial charge in [0.1, 0.15) is 0 Å². The number of hydrogen-bond donors (Lipinski definition) is 1. The summed E-state index contributed by atoms with van der Waals surface area (Å²) in [5.41, 5.74) is 5.37. The third-order valence-electron chi connectivity index (χ3n) is 1.78.